The number of fused-ring (bicyclic) bond motifs is 1. The van der Waals surface area contributed by atoms with Crippen LogP contribution in [0.25, 0.3) is 0 Å². The smallest absolute Gasteiger partial charge is 0.119 e. The van der Waals surface area contributed by atoms with E-state index in [2.05, 4.69) is 37.4 Å². The Hall–Kier alpha value is -1.06. The van der Waals surface area contributed by atoms with Crippen molar-refractivity contribution in [2.45, 2.75) is 45.6 Å². The predicted molar refractivity (Wildman–Crippen MR) is 82.2 cm³/mol. The van der Waals surface area contributed by atoms with Crippen molar-refractivity contribution in [3.05, 3.63) is 29.3 Å². The highest BCUT2D eigenvalue weighted by molar-refractivity contribution is 5.39. The third-order valence-corrected chi connectivity index (χ3v) is 4.28. The molecule has 0 aromatic heterocycles. The van der Waals surface area contributed by atoms with Crippen LogP contribution < -0.4 is 10.1 Å². The summed E-state index contributed by atoms with van der Waals surface area (Å²) < 4.78 is 5.35. The average molecular weight is 277 g/mol. The van der Waals surface area contributed by atoms with Crippen LogP contribution in [0.3, 0.4) is 0 Å². The average Bonchev–Trinajstić information content (AvgIpc) is 2.44. The van der Waals surface area contributed by atoms with Crippen molar-refractivity contribution in [3.63, 3.8) is 0 Å². The van der Waals surface area contributed by atoms with Crippen molar-refractivity contribution in [2.75, 3.05) is 20.3 Å². The first-order chi connectivity index (χ1) is 9.55. The Morgan fingerprint density at radius 3 is 2.90 bits per heavy atom. The number of rotatable bonds is 6. The van der Waals surface area contributed by atoms with E-state index in [-0.39, 0.29) is 12.0 Å². The molecule has 3 nitrogen and oxygen atoms in total. The van der Waals surface area contributed by atoms with E-state index in [9.17, 15) is 0 Å². The largest absolute Gasteiger partial charge is 0.497 e. The van der Waals surface area contributed by atoms with Gasteiger partial charge in [0.25, 0.3) is 0 Å². The molecule has 0 spiro atoms. The van der Waals surface area contributed by atoms with E-state index in [1.807, 2.05) is 0 Å². The molecule has 20 heavy (non-hydrogen) atoms. The molecule has 1 aromatic rings. The van der Waals surface area contributed by atoms with E-state index < -0.39 is 0 Å². The van der Waals surface area contributed by atoms with Crippen LogP contribution >= 0.6 is 0 Å². The normalized spacial score (nSPS) is 18.7. The number of ether oxygens (including phenoxy) is 1. The number of benzene rings is 1. The SMILES string of the molecule is COc1ccc2c(c1)C(NCC(C)(C)CCO)CCC2. The van der Waals surface area contributed by atoms with E-state index in [0.29, 0.717) is 6.04 Å². The van der Waals surface area contributed by atoms with Gasteiger partial charge in [-0.25, -0.2) is 0 Å². The molecule has 0 bridgehead atoms. The lowest BCUT2D eigenvalue weighted by Gasteiger charge is -2.31. The van der Waals surface area contributed by atoms with E-state index in [4.69, 9.17) is 9.84 Å². The van der Waals surface area contributed by atoms with Crippen molar-refractivity contribution >= 4 is 0 Å². The fourth-order valence-electron chi connectivity index (χ4n) is 2.91. The Labute approximate surface area is 122 Å². The quantitative estimate of drug-likeness (QED) is 0.839. The first-order valence-corrected chi connectivity index (χ1v) is 7.57. The second-order valence-electron chi connectivity index (χ2n) is 6.53. The maximum atomic E-state index is 9.12. The van der Waals surface area contributed by atoms with Gasteiger partial charge >= 0.3 is 0 Å². The summed E-state index contributed by atoms with van der Waals surface area (Å²) in [5, 5.41) is 12.8. The Morgan fingerprint density at radius 2 is 2.20 bits per heavy atom. The molecule has 0 amide bonds. The minimum absolute atomic E-state index is 0.130. The number of hydrogen-bond acceptors (Lipinski definition) is 3. The molecule has 1 aliphatic carbocycles. The Morgan fingerprint density at radius 1 is 1.40 bits per heavy atom. The lowest BCUT2D eigenvalue weighted by Crippen LogP contribution is -2.34. The van der Waals surface area contributed by atoms with Gasteiger partial charge in [0.2, 0.25) is 0 Å². The maximum absolute atomic E-state index is 9.12. The summed E-state index contributed by atoms with van der Waals surface area (Å²) >= 11 is 0. The maximum Gasteiger partial charge on any atom is 0.119 e. The molecule has 112 valence electrons. The molecule has 2 N–H and O–H groups in total. The molecular formula is C17H27NO2. The minimum Gasteiger partial charge on any atom is -0.497 e. The van der Waals surface area contributed by atoms with E-state index in [1.165, 1.54) is 24.0 Å². The minimum atomic E-state index is 0.130. The van der Waals surface area contributed by atoms with Gasteiger partial charge in [-0.3, -0.25) is 0 Å². The second kappa shape index (κ2) is 6.59. The van der Waals surface area contributed by atoms with Crippen LogP contribution in [0.5, 0.6) is 5.75 Å². The van der Waals surface area contributed by atoms with Crippen molar-refractivity contribution < 1.29 is 9.84 Å². The molecule has 0 aliphatic heterocycles. The zero-order chi connectivity index (χ0) is 14.6. The summed E-state index contributed by atoms with van der Waals surface area (Å²) in [7, 11) is 1.72. The van der Waals surface area contributed by atoms with Crippen molar-refractivity contribution in [3.8, 4) is 5.75 Å². The predicted octanol–water partition coefficient (Wildman–Crippen LogP) is 3.07. The van der Waals surface area contributed by atoms with Crippen LogP contribution in [0, 0.1) is 5.41 Å². The standard InChI is InChI=1S/C17H27NO2/c1-17(2,9-10-19)12-18-16-6-4-5-13-7-8-14(20-3)11-15(13)16/h7-8,11,16,18-19H,4-6,9-10,12H2,1-3H3. The van der Waals surface area contributed by atoms with Crippen LogP contribution in [0.15, 0.2) is 18.2 Å². The lowest BCUT2D eigenvalue weighted by molar-refractivity contribution is 0.201. The number of hydrogen-bond donors (Lipinski definition) is 2. The van der Waals surface area contributed by atoms with Crippen molar-refractivity contribution in [1.29, 1.82) is 0 Å². The Kier molecular flexibility index (Phi) is 5.06. The summed E-state index contributed by atoms with van der Waals surface area (Å²) in [5.74, 6) is 0.937. The summed E-state index contributed by atoms with van der Waals surface area (Å²) in [6.07, 6.45) is 4.40. The van der Waals surface area contributed by atoms with Crippen molar-refractivity contribution in [2.24, 2.45) is 5.41 Å². The molecule has 0 saturated carbocycles. The molecule has 2 rings (SSSR count). The summed E-state index contributed by atoms with van der Waals surface area (Å²) in [6, 6.07) is 6.83. The van der Waals surface area contributed by atoms with Crippen LogP contribution in [0.2, 0.25) is 0 Å². The fourth-order valence-corrected chi connectivity index (χ4v) is 2.91. The number of nitrogens with one attached hydrogen (secondary N) is 1. The highest BCUT2D eigenvalue weighted by Crippen LogP contribution is 2.33. The molecule has 0 radical (unpaired) electrons. The van der Waals surface area contributed by atoms with Gasteiger partial charge in [0, 0.05) is 19.2 Å². The molecule has 0 saturated heterocycles. The second-order valence-corrected chi connectivity index (χ2v) is 6.53. The zero-order valence-electron chi connectivity index (χ0n) is 12.9. The summed E-state index contributed by atoms with van der Waals surface area (Å²) in [4.78, 5) is 0. The Bertz CT molecular complexity index is 443. The molecule has 1 aliphatic rings. The molecular weight excluding hydrogens is 250 g/mol. The van der Waals surface area contributed by atoms with E-state index >= 15 is 0 Å². The van der Waals surface area contributed by atoms with Crippen LogP contribution in [0.1, 0.15) is 50.3 Å². The summed E-state index contributed by atoms with van der Waals surface area (Å²) in [6.45, 7) is 5.58. The monoisotopic (exact) mass is 277 g/mol. The summed E-state index contributed by atoms with van der Waals surface area (Å²) in [5.41, 5.74) is 2.95. The highest BCUT2D eigenvalue weighted by Gasteiger charge is 2.24. The van der Waals surface area contributed by atoms with Crippen LogP contribution in [0.4, 0.5) is 0 Å². The highest BCUT2D eigenvalue weighted by atomic mass is 16.5. The van der Waals surface area contributed by atoms with Gasteiger partial charge in [-0.2, -0.15) is 0 Å². The number of aliphatic hydroxyl groups is 1. The molecule has 0 heterocycles. The van der Waals surface area contributed by atoms with Gasteiger partial charge in [0.1, 0.15) is 5.75 Å². The van der Waals surface area contributed by atoms with Gasteiger partial charge in [0.15, 0.2) is 0 Å². The first-order valence-electron chi connectivity index (χ1n) is 7.57. The molecule has 0 fully saturated rings. The number of aliphatic hydroxyl groups excluding tert-OH is 1. The van der Waals surface area contributed by atoms with Gasteiger partial charge < -0.3 is 15.2 Å². The third-order valence-electron chi connectivity index (χ3n) is 4.28. The van der Waals surface area contributed by atoms with Crippen LogP contribution in [-0.4, -0.2) is 25.4 Å². The van der Waals surface area contributed by atoms with Gasteiger partial charge in [-0.05, 0) is 54.4 Å². The molecule has 1 unspecified atom stereocenters. The van der Waals surface area contributed by atoms with Crippen molar-refractivity contribution in [1.82, 2.24) is 5.32 Å². The molecule has 1 atom stereocenters. The van der Waals surface area contributed by atoms with Gasteiger partial charge in [0.05, 0.1) is 7.11 Å². The van der Waals surface area contributed by atoms with Gasteiger partial charge in [-0.1, -0.05) is 19.9 Å². The lowest BCUT2D eigenvalue weighted by atomic mass is 9.85. The fraction of sp³-hybridized carbons (Fsp3) is 0.647. The number of aryl methyl sites for hydroxylation is 1. The van der Waals surface area contributed by atoms with E-state index in [0.717, 1.165) is 25.1 Å². The topological polar surface area (TPSA) is 41.5 Å². The number of methoxy groups -OCH3 is 1. The zero-order valence-corrected chi connectivity index (χ0v) is 12.9. The Balaban J connectivity index is 2.08. The van der Waals surface area contributed by atoms with Crippen LogP contribution in [-0.2, 0) is 6.42 Å². The van der Waals surface area contributed by atoms with Gasteiger partial charge in [-0.15, -0.1) is 0 Å². The van der Waals surface area contributed by atoms with E-state index in [1.54, 1.807) is 7.11 Å². The molecule has 1 aromatic carbocycles. The third kappa shape index (κ3) is 3.74. The first kappa shape index (κ1) is 15.3. The molecule has 3 heteroatoms.